The number of aryl methyl sites for hydroxylation is 1. The van der Waals surface area contributed by atoms with Crippen molar-refractivity contribution < 1.29 is 14.1 Å². The monoisotopic (exact) mass is 443 g/mol. The normalized spacial score (nSPS) is 12.2. The molecule has 3 aromatic rings. The molecule has 0 aliphatic carbocycles. The summed E-state index contributed by atoms with van der Waals surface area (Å²) >= 11 is 1.41. The number of carbonyl (C=O) groups excluding carboxylic acids is 1. The molecule has 8 nitrogen and oxygen atoms in total. The predicted molar refractivity (Wildman–Crippen MR) is 120 cm³/mol. The molecule has 31 heavy (non-hydrogen) atoms. The van der Waals surface area contributed by atoms with Crippen molar-refractivity contribution in [2.24, 2.45) is 5.92 Å². The van der Waals surface area contributed by atoms with Gasteiger partial charge in [-0.2, -0.15) is 0 Å². The quantitative estimate of drug-likeness (QED) is 0.429. The second-order valence-electron chi connectivity index (χ2n) is 7.66. The van der Waals surface area contributed by atoms with Gasteiger partial charge < -0.3 is 19.1 Å². The van der Waals surface area contributed by atoms with Crippen molar-refractivity contribution in [2.45, 2.75) is 64.1 Å². The van der Waals surface area contributed by atoms with Gasteiger partial charge in [0.1, 0.15) is 18.1 Å². The Morgan fingerprint density at radius 2 is 2.03 bits per heavy atom. The number of amides is 1. The molecule has 0 spiro atoms. The summed E-state index contributed by atoms with van der Waals surface area (Å²) < 4.78 is 13.0. The number of nitrogens with zero attached hydrogens (tertiary/aromatic N) is 4. The van der Waals surface area contributed by atoms with Gasteiger partial charge in [0.25, 0.3) is 0 Å². The minimum absolute atomic E-state index is 0.138. The van der Waals surface area contributed by atoms with Crippen LogP contribution in [0.2, 0.25) is 0 Å². The fraction of sp³-hybridized carbons (Fsp3) is 0.455. The molecule has 1 unspecified atom stereocenters. The van der Waals surface area contributed by atoms with Gasteiger partial charge in [-0.25, -0.2) is 0 Å². The number of hydrogen-bond donors (Lipinski definition) is 1. The van der Waals surface area contributed by atoms with E-state index < -0.39 is 0 Å². The Labute approximate surface area is 186 Å². The molecule has 1 amide bonds. The Hall–Kier alpha value is -2.81. The SMILES string of the molecule is CCC(Sc1nnc(COc2ccccc2)n1CCC(C)C)C(=O)Nc1cc(C)on1. The van der Waals surface area contributed by atoms with Gasteiger partial charge in [0, 0.05) is 12.6 Å². The summed E-state index contributed by atoms with van der Waals surface area (Å²) in [5.41, 5.74) is 0. The Kier molecular flexibility index (Phi) is 8.11. The van der Waals surface area contributed by atoms with E-state index in [9.17, 15) is 4.79 Å². The fourth-order valence-electron chi connectivity index (χ4n) is 2.87. The zero-order chi connectivity index (χ0) is 22.2. The third-order valence-corrected chi connectivity index (χ3v) is 5.97. The highest BCUT2D eigenvalue weighted by Crippen LogP contribution is 2.27. The number of thioether (sulfide) groups is 1. The summed E-state index contributed by atoms with van der Waals surface area (Å²) in [4.78, 5) is 12.8. The van der Waals surface area contributed by atoms with Crippen molar-refractivity contribution in [3.8, 4) is 5.75 Å². The molecule has 0 fully saturated rings. The molecule has 0 aliphatic rings. The average molecular weight is 444 g/mol. The number of rotatable bonds is 11. The number of para-hydroxylation sites is 1. The number of hydrogen-bond acceptors (Lipinski definition) is 7. The lowest BCUT2D eigenvalue weighted by Gasteiger charge is -2.16. The van der Waals surface area contributed by atoms with E-state index in [1.165, 1.54) is 11.8 Å². The van der Waals surface area contributed by atoms with Crippen LogP contribution >= 0.6 is 11.8 Å². The van der Waals surface area contributed by atoms with E-state index >= 15 is 0 Å². The molecular formula is C22H29N5O3S. The van der Waals surface area contributed by atoms with E-state index in [0.717, 1.165) is 24.5 Å². The number of aromatic nitrogens is 4. The first-order valence-electron chi connectivity index (χ1n) is 10.5. The second-order valence-corrected chi connectivity index (χ2v) is 8.83. The van der Waals surface area contributed by atoms with Crippen LogP contribution in [0.4, 0.5) is 5.82 Å². The van der Waals surface area contributed by atoms with Crippen LogP contribution in [0.15, 0.2) is 46.1 Å². The number of ether oxygens (including phenoxy) is 1. The third kappa shape index (κ3) is 6.58. The maximum Gasteiger partial charge on any atom is 0.239 e. The largest absolute Gasteiger partial charge is 0.486 e. The van der Waals surface area contributed by atoms with Crippen LogP contribution in [-0.2, 0) is 17.9 Å². The van der Waals surface area contributed by atoms with Crippen molar-refractivity contribution in [1.29, 1.82) is 0 Å². The van der Waals surface area contributed by atoms with Crippen LogP contribution in [0.3, 0.4) is 0 Å². The van der Waals surface area contributed by atoms with Crippen LogP contribution in [-0.4, -0.2) is 31.1 Å². The van der Waals surface area contributed by atoms with Crippen molar-refractivity contribution in [3.63, 3.8) is 0 Å². The van der Waals surface area contributed by atoms with Gasteiger partial charge in [-0.05, 0) is 37.8 Å². The highest BCUT2D eigenvalue weighted by atomic mass is 32.2. The van der Waals surface area contributed by atoms with Crippen molar-refractivity contribution in [3.05, 3.63) is 48.0 Å². The van der Waals surface area contributed by atoms with Crippen molar-refractivity contribution >= 4 is 23.5 Å². The summed E-state index contributed by atoms with van der Waals surface area (Å²) in [5, 5.41) is 15.8. The topological polar surface area (TPSA) is 95.1 Å². The summed E-state index contributed by atoms with van der Waals surface area (Å²) in [6.45, 7) is 9.20. The molecule has 3 rings (SSSR count). The lowest BCUT2D eigenvalue weighted by Crippen LogP contribution is -2.25. The van der Waals surface area contributed by atoms with E-state index in [-0.39, 0.29) is 11.2 Å². The highest BCUT2D eigenvalue weighted by Gasteiger charge is 2.23. The predicted octanol–water partition coefficient (Wildman–Crippen LogP) is 4.71. The van der Waals surface area contributed by atoms with Gasteiger partial charge in [0.05, 0.1) is 5.25 Å². The van der Waals surface area contributed by atoms with E-state index in [0.29, 0.717) is 35.7 Å². The fourth-order valence-corrected chi connectivity index (χ4v) is 3.87. The van der Waals surface area contributed by atoms with E-state index in [4.69, 9.17) is 9.26 Å². The van der Waals surface area contributed by atoms with Gasteiger partial charge >= 0.3 is 0 Å². The Morgan fingerprint density at radius 1 is 1.26 bits per heavy atom. The van der Waals surface area contributed by atoms with Gasteiger partial charge in [-0.3, -0.25) is 4.79 Å². The van der Waals surface area contributed by atoms with Crippen LogP contribution in [0.1, 0.15) is 45.2 Å². The first-order valence-corrected chi connectivity index (χ1v) is 11.3. The summed E-state index contributed by atoms with van der Waals surface area (Å²) in [6.07, 6.45) is 1.62. The van der Waals surface area contributed by atoms with Gasteiger partial charge in [-0.1, -0.05) is 55.9 Å². The zero-order valence-electron chi connectivity index (χ0n) is 18.4. The first kappa shape index (κ1) is 22.9. The van der Waals surface area contributed by atoms with Gasteiger partial charge in [0.15, 0.2) is 16.8 Å². The van der Waals surface area contributed by atoms with E-state index in [1.54, 1.807) is 13.0 Å². The molecule has 0 aliphatic heterocycles. The molecule has 0 saturated carbocycles. The molecule has 0 saturated heterocycles. The number of benzene rings is 1. The maximum absolute atomic E-state index is 12.8. The van der Waals surface area contributed by atoms with Gasteiger partial charge in [0.2, 0.25) is 5.91 Å². The van der Waals surface area contributed by atoms with Crippen LogP contribution < -0.4 is 10.1 Å². The summed E-state index contributed by atoms with van der Waals surface area (Å²) in [6, 6.07) is 11.3. The molecule has 1 N–H and O–H groups in total. The lowest BCUT2D eigenvalue weighted by atomic mass is 10.1. The Balaban J connectivity index is 1.72. The van der Waals surface area contributed by atoms with E-state index in [2.05, 4.69) is 39.1 Å². The van der Waals surface area contributed by atoms with Crippen molar-refractivity contribution in [1.82, 2.24) is 19.9 Å². The number of carbonyl (C=O) groups is 1. The maximum atomic E-state index is 12.8. The molecule has 0 radical (unpaired) electrons. The molecule has 2 heterocycles. The Bertz CT molecular complexity index is 971. The van der Waals surface area contributed by atoms with Crippen LogP contribution in [0, 0.1) is 12.8 Å². The lowest BCUT2D eigenvalue weighted by molar-refractivity contribution is -0.115. The molecular weight excluding hydrogens is 414 g/mol. The minimum atomic E-state index is -0.332. The molecule has 9 heteroatoms. The zero-order valence-corrected chi connectivity index (χ0v) is 19.2. The smallest absolute Gasteiger partial charge is 0.239 e. The van der Waals surface area contributed by atoms with Crippen LogP contribution in [0.5, 0.6) is 5.75 Å². The molecule has 2 aromatic heterocycles. The van der Waals surface area contributed by atoms with E-state index in [1.807, 2.05) is 37.3 Å². The standard InChI is InChI=1S/C22H29N5O3S/c1-5-18(21(28)23-19-13-16(4)30-26-19)31-22-25-24-20(27(22)12-11-15(2)3)14-29-17-9-7-6-8-10-17/h6-10,13,15,18H,5,11-12,14H2,1-4H3,(H,23,26,28). The average Bonchev–Trinajstić information content (AvgIpc) is 3.34. The Morgan fingerprint density at radius 3 is 2.68 bits per heavy atom. The second kappa shape index (κ2) is 11.0. The first-order chi connectivity index (χ1) is 15.0. The molecule has 1 atom stereocenters. The van der Waals surface area contributed by atoms with Gasteiger partial charge in [-0.15, -0.1) is 10.2 Å². The van der Waals surface area contributed by atoms with Crippen molar-refractivity contribution in [2.75, 3.05) is 5.32 Å². The molecule has 1 aromatic carbocycles. The number of nitrogens with one attached hydrogen (secondary N) is 1. The molecule has 166 valence electrons. The van der Waals surface area contributed by atoms with Crippen LogP contribution in [0.25, 0.3) is 0 Å². The number of anilines is 1. The highest BCUT2D eigenvalue weighted by molar-refractivity contribution is 8.00. The minimum Gasteiger partial charge on any atom is -0.486 e. The summed E-state index contributed by atoms with van der Waals surface area (Å²) in [7, 11) is 0. The summed E-state index contributed by atoms with van der Waals surface area (Å²) in [5.74, 6) is 2.98. The molecule has 0 bridgehead atoms. The third-order valence-electron chi connectivity index (χ3n) is 4.62.